The Kier molecular flexibility index (Phi) is 8.11. The molecule has 226 valence electrons. The highest BCUT2D eigenvalue weighted by molar-refractivity contribution is 7.99. The van der Waals surface area contributed by atoms with Gasteiger partial charge in [0.05, 0.1) is 34.2 Å². The van der Waals surface area contributed by atoms with E-state index in [1.807, 2.05) is 30.4 Å². The van der Waals surface area contributed by atoms with Crippen molar-refractivity contribution in [2.75, 3.05) is 31.7 Å². The number of hydrogen-bond donors (Lipinski definition) is 2. The highest BCUT2D eigenvalue weighted by Gasteiger charge is 2.44. The van der Waals surface area contributed by atoms with Gasteiger partial charge in [0.2, 0.25) is 0 Å². The molecule has 7 atom stereocenters. The standard InChI is InChI=1S/C33H41ClN2O5S/c1-21-15-26(40-2)9-12-30(37)27-10-6-24(27)18-36-19-33(14-4-5-22-16-25(34)8-11-28(22)33)20-41-31-13-7-23(17-29(31)36)32(38)35-42(21,3)39/h7-9,11-13,16-17,21,24,26-27,30,37H,3-6,10,14-15,18-20H2,1-2H3,(H,35,38,39)/b12-9+/t21-,24-,26+,27+,30-,33-,42?/m0/s1. The number of hydrogen-bond acceptors (Lipinski definition) is 6. The Balaban J connectivity index is 1.42. The van der Waals surface area contributed by atoms with Crippen LogP contribution in [-0.2, 0) is 26.3 Å². The molecule has 1 spiro atoms. The number of amides is 1. The van der Waals surface area contributed by atoms with Crippen molar-refractivity contribution in [3.05, 3.63) is 70.3 Å². The van der Waals surface area contributed by atoms with E-state index in [9.17, 15) is 14.1 Å². The van der Waals surface area contributed by atoms with Crippen LogP contribution in [0.15, 0.2) is 48.6 Å². The number of carbonyl (C=O) groups is 1. The molecule has 9 heteroatoms. The van der Waals surface area contributed by atoms with Crippen molar-refractivity contribution < 1.29 is 23.6 Å². The first kappa shape index (κ1) is 29.5. The molecule has 0 aromatic heterocycles. The maximum Gasteiger partial charge on any atom is 0.262 e. The normalized spacial score (nSPS) is 35.6. The van der Waals surface area contributed by atoms with Crippen LogP contribution in [0.25, 0.3) is 0 Å². The van der Waals surface area contributed by atoms with Gasteiger partial charge in [-0.1, -0.05) is 29.8 Å². The molecule has 42 heavy (non-hydrogen) atoms. The number of aryl methyl sites for hydroxylation is 1. The van der Waals surface area contributed by atoms with E-state index in [4.69, 9.17) is 21.1 Å². The largest absolute Gasteiger partial charge is 0.490 e. The van der Waals surface area contributed by atoms with Gasteiger partial charge in [0, 0.05) is 41.5 Å². The molecule has 1 amide bonds. The first-order valence-electron chi connectivity index (χ1n) is 15.0. The molecule has 6 rings (SSSR count). The summed E-state index contributed by atoms with van der Waals surface area (Å²) in [6.45, 7) is 3.79. The number of aliphatic hydroxyl groups excluding tert-OH is 1. The summed E-state index contributed by atoms with van der Waals surface area (Å²) in [5.74, 6) is 4.61. The molecular formula is C33H41ClN2O5S. The molecule has 2 aromatic carbocycles. The molecule has 1 fully saturated rings. The van der Waals surface area contributed by atoms with Gasteiger partial charge in [0.25, 0.3) is 5.91 Å². The second-order valence-electron chi connectivity index (χ2n) is 12.6. The fourth-order valence-electron chi connectivity index (χ4n) is 7.24. The number of methoxy groups -OCH3 is 1. The van der Waals surface area contributed by atoms with Gasteiger partial charge in [-0.2, -0.15) is 0 Å². The summed E-state index contributed by atoms with van der Waals surface area (Å²) < 4.78 is 28.5. The molecule has 2 N–H and O–H groups in total. The Morgan fingerprint density at radius 1 is 1.21 bits per heavy atom. The van der Waals surface area contributed by atoms with Crippen LogP contribution in [-0.4, -0.2) is 65.4 Å². The van der Waals surface area contributed by atoms with E-state index in [1.165, 1.54) is 11.1 Å². The van der Waals surface area contributed by atoms with Crippen LogP contribution in [0.1, 0.15) is 60.5 Å². The third-order valence-corrected chi connectivity index (χ3v) is 12.2. The molecule has 1 saturated carbocycles. The van der Waals surface area contributed by atoms with E-state index in [-0.39, 0.29) is 23.4 Å². The lowest BCUT2D eigenvalue weighted by Crippen LogP contribution is -2.49. The van der Waals surface area contributed by atoms with E-state index in [0.29, 0.717) is 18.6 Å². The van der Waals surface area contributed by atoms with Gasteiger partial charge >= 0.3 is 0 Å². The highest BCUT2D eigenvalue weighted by atomic mass is 35.5. The fraction of sp³-hybridized carbons (Fsp3) is 0.515. The predicted molar refractivity (Wildman–Crippen MR) is 169 cm³/mol. The summed E-state index contributed by atoms with van der Waals surface area (Å²) in [6.07, 6.45) is 8.12. The summed E-state index contributed by atoms with van der Waals surface area (Å²) >= 11 is 6.40. The maximum atomic E-state index is 13.6. The van der Waals surface area contributed by atoms with E-state index in [1.54, 1.807) is 20.1 Å². The van der Waals surface area contributed by atoms with Crippen LogP contribution in [0.3, 0.4) is 0 Å². The van der Waals surface area contributed by atoms with Gasteiger partial charge in [-0.3, -0.25) is 9.52 Å². The Morgan fingerprint density at radius 3 is 2.81 bits per heavy atom. The number of aliphatic hydroxyl groups is 1. The number of halogens is 1. The molecule has 0 radical (unpaired) electrons. The second kappa shape index (κ2) is 11.5. The quantitative estimate of drug-likeness (QED) is 0.351. The van der Waals surface area contributed by atoms with E-state index in [2.05, 4.69) is 27.6 Å². The molecule has 4 aliphatic rings. The number of fused-ring (bicyclic) bond motifs is 4. The highest BCUT2D eigenvalue weighted by Crippen LogP contribution is 2.46. The number of nitrogens with one attached hydrogen (secondary N) is 1. The SMILES string of the molecule is C=S1(=O)NC(=O)c2ccc3c(c2)N(C[C@@H]2CC[C@H]2[C@@H](O)/C=C/[C@@H](OC)C[C@@H]1C)C[C@@]1(CCCc2cc(Cl)ccc21)CO3. The lowest BCUT2D eigenvalue weighted by Gasteiger charge is -2.45. The topological polar surface area (TPSA) is 88.1 Å². The summed E-state index contributed by atoms with van der Waals surface area (Å²) in [7, 11) is -1.39. The van der Waals surface area contributed by atoms with Crippen molar-refractivity contribution in [2.45, 2.75) is 68.3 Å². The van der Waals surface area contributed by atoms with Gasteiger partial charge < -0.3 is 19.5 Å². The van der Waals surface area contributed by atoms with Crippen LogP contribution in [0.5, 0.6) is 5.75 Å². The van der Waals surface area contributed by atoms with Crippen LogP contribution < -0.4 is 14.4 Å². The van der Waals surface area contributed by atoms with Crippen molar-refractivity contribution in [2.24, 2.45) is 11.8 Å². The van der Waals surface area contributed by atoms with Crippen LogP contribution >= 0.6 is 11.6 Å². The van der Waals surface area contributed by atoms with Gasteiger partial charge in [-0.15, -0.1) is 0 Å². The molecule has 1 unspecified atom stereocenters. The predicted octanol–water partition coefficient (Wildman–Crippen LogP) is 4.92. The zero-order chi connectivity index (χ0) is 29.6. The number of rotatable bonds is 1. The van der Waals surface area contributed by atoms with Gasteiger partial charge in [-0.05, 0) is 105 Å². The monoisotopic (exact) mass is 612 g/mol. The third kappa shape index (κ3) is 5.59. The third-order valence-electron chi connectivity index (χ3n) is 9.97. The molecule has 2 aromatic rings. The van der Waals surface area contributed by atoms with Crippen molar-refractivity contribution >= 4 is 38.8 Å². The van der Waals surface area contributed by atoms with Crippen LogP contribution in [0, 0.1) is 11.8 Å². The summed E-state index contributed by atoms with van der Waals surface area (Å²) in [5.41, 5.74) is 3.58. The molecular weight excluding hydrogens is 572 g/mol. The van der Waals surface area contributed by atoms with Crippen LogP contribution in [0.2, 0.25) is 5.02 Å². The van der Waals surface area contributed by atoms with Crippen molar-refractivity contribution in [1.29, 1.82) is 0 Å². The van der Waals surface area contributed by atoms with E-state index >= 15 is 0 Å². The first-order chi connectivity index (χ1) is 20.1. The first-order valence-corrected chi connectivity index (χ1v) is 17.1. The molecule has 2 aliphatic heterocycles. The number of nitrogens with zero attached hydrogens (tertiary/aromatic N) is 1. The Labute approximate surface area is 254 Å². The molecule has 7 nitrogen and oxygen atoms in total. The lowest BCUT2D eigenvalue weighted by molar-refractivity contribution is 0.0444. The average Bonchev–Trinajstić information content (AvgIpc) is 3.09. The molecule has 2 aliphatic carbocycles. The van der Waals surface area contributed by atoms with Crippen molar-refractivity contribution in [1.82, 2.24) is 4.72 Å². The average molecular weight is 613 g/mol. The van der Waals surface area contributed by atoms with Gasteiger partial charge in [0.1, 0.15) is 5.75 Å². The number of carbonyl (C=O) groups excluding carboxylic acids is 1. The van der Waals surface area contributed by atoms with Gasteiger partial charge in [-0.25, -0.2) is 4.21 Å². The second-order valence-corrected chi connectivity index (χ2v) is 15.5. The summed E-state index contributed by atoms with van der Waals surface area (Å²) in [5, 5.41) is 11.5. The number of anilines is 1. The lowest BCUT2D eigenvalue weighted by atomic mass is 9.68. The molecule has 0 saturated heterocycles. The summed E-state index contributed by atoms with van der Waals surface area (Å²) in [6, 6.07) is 11.7. The minimum absolute atomic E-state index is 0.119. The molecule has 2 bridgehead atoms. The Hall–Kier alpha value is -2.52. The number of ether oxygens (including phenoxy) is 2. The number of benzene rings is 2. The minimum Gasteiger partial charge on any atom is -0.490 e. The van der Waals surface area contributed by atoms with Crippen molar-refractivity contribution in [3.8, 4) is 5.75 Å². The molecule has 2 heterocycles. The summed E-state index contributed by atoms with van der Waals surface area (Å²) in [4.78, 5) is 15.8. The Morgan fingerprint density at radius 2 is 2.05 bits per heavy atom. The van der Waals surface area contributed by atoms with Gasteiger partial charge in [0.15, 0.2) is 0 Å². The van der Waals surface area contributed by atoms with Crippen LogP contribution in [0.4, 0.5) is 5.69 Å². The fourth-order valence-corrected chi connectivity index (χ4v) is 8.57. The maximum absolute atomic E-state index is 13.6. The zero-order valence-electron chi connectivity index (χ0n) is 24.4. The zero-order valence-corrected chi connectivity index (χ0v) is 26.0. The van der Waals surface area contributed by atoms with Crippen molar-refractivity contribution in [3.63, 3.8) is 0 Å². The van der Waals surface area contributed by atoms with E-state index < -0.39 is 27.0 Å². The minimum atomic E-state index is -2.98. The van der Waals surface area contributed by atoms with E-state index in [0.717, 1.165) is 61.7 Å². The Bertz CT molecular complexity index is 1490. The smallest absolute Gasteiger partial charge is 0.262 e.